The third-order valence-electron chi connectivity index (χ3n) is 6.66. The Kier molecular flexibility index (Phi) is 3.79. The number of fused-ring (bicyclic) bond motifs is 10. The van der Waals surface area contributed by atoms with Gasteiger partial charge in [-0.2, -0.15) is 0 Å². The number of rotatable bonds is 2. The Bertz CT molecular complexity index is 1850. The van der Waals surface area contributed by atoms with Crippen LogP contribution in [0.2, 0.25) is 0 Å². The van der Waals surface area contributed by atoms with Crippen LogP contribution in [0.25, 0.3) is 60.4 Å². The quantitative estimate of drug-likeness (QED) is 0.282. The first kappa shape index (κ1) is 18.3. The Morgan fingerprint density at radius 3 is 2.27 bits per heavy atom. The van der Waals surface area contributed by atoms with Gasteiger partial charge in [-0.1, -0.05) is 49.4 Å². The number of hydrogen-bond acceptors (Lipinski definition) is 3. The molecule has 0 fully saturated rings. The molecule has 3 aromatic carbocycles. The first-order valence-corrected chi connectivity index (χ1v) is 11.3. The van der Waals surface area contributed by atoms with Crippen LogP contribution in [-0.2, 0) is 6.42 Å². The van der Waals surface area contributed by atoms with E-state index in [1.54, 1.807) is 0 Å². The highest BCUT2D eigenvalue weighted by molar-refractivity contribution is 6.22. The van der Waals surface area contributed by atoms with Gasteiger partial charge in [0, 0.05) is 34.7 Å². The molecule has 0 radical (unpaired) electrons. The summed E-state index contributed by atoms with van der Waals surface area (Å²) in [6, 6.07) is 25.7. The van der Waals surface area contributed by atoms with E-state index < -0.39 is 0 Å². The summed E-state index contributed by atoms with van der Waals surface area (Å²) in [5, 5.41) is 4.44. The largest absolute Gasteiger partial charge is 0.298 e. The average Bonchev–Trinajstić information content (AvgIpc) is 3.29. The maximum Gasteiger partial charge on any atom is 0.146 e. The molecular weight excluding hydrogens is 404 g/mol. The second kappa shape index (κ2) is 6.84. The van der Waals surface area contributed by atoms with E-state index in [2.05, 4.69) is 88.2 Å². The zero-order valence-corrected chi connectivity index (χ0v) is 18.2. The van der Waals surface area contributed by atoms with Crippen molar-refractivity contribution >= 4 is 49.3 Å². The van der Waals surface area contributed by atoms with Crippen LogP contribution in [0.5, 0.6) is 0 Å². The number of pyridine rings is 3. The lowest BCUT2D eigenvalue weighted by atomic mass is 9.98. The van der Waals surface area contributed by atoms with Crippen LogP contribution in [0.3, 0.4) is 0 Å². The first-order chi connectivity index (χ1) is 16.3. The second-order valence-electron chi connectivity index (χ2n) is 8.44. The van der Waals surface area contributed by atoms with E-state index in [1.807, 2.05) is 24.5 Å². The lowest BCUT2D eigenvalue weighted by Gasteiger charge is -2.10. The van der Waals surface area contributed by atoms with Crippen molar-refractivity contribution in [1.29, 1.82) is 0 Å². The first-order valence-electron chi connectivity index (χ1n) is 11.3. The number of nitrogens with zero attached hydrogens (tertiary/aromatic N) is 4. The van der Waals surface area contributed by atoms with Crippen LogP contribution in [0, 0.1) is 0 Å². The molecule has 4 nitrogen and oxygen atoms in total. The Balaban J connectivity index is 1.69. The van der Waals surface area contributed by atoms with Crippen molar-refractivity contribution in [3.05, 3.63) is 97.0 Å². The highest BCUT2D eigenvalue weighted by Crippen LogP contribution is 2.37. The number of hydrogen-bond donors (Lipinski definition) is 0. The highest BCUT2D eigenvalue weighted by atomic mass is 15.0. The third kappa shape index (κ3) is 2.55. The predicted octanol–water partition coefficient (Wildman–Crippen LogP) is 6.97. The van der Waals surface area contributed by atoms with Gasteiger partial charge in [-0.25, -0.2) is 4.98 Å². The lowest BCUT2D eigenvalue weighted by molar-refractivity contribution is 1.14. The molecule has 4 heteroatoms. The number of aromatic nitrogens is 4. The molecule has 0 aliphatic carbocycles. The highest BCUT2D eigenvalue weighted by Gasteiger charge is 2.18. The van der Waals surface area contributed by atoms with E-state index in [1.165, 1.54) is 22.1 Å². The van der Waals surface area contributed by atoms with Crippen molar-refractivity contribution in [2.75, 3.05) is 0 Å². The fraction of sp³-hybridized carbons (Fsp3) is 0.0690. The van der Waals surface area contributed by atoms with Gasteiger partial charge in [-0.05, 0) is 58.8 Å². The number of aryl methyl sites for hydroxylation is 1. The molecule has 0 aliphatic rings. The fourth-order valence-electron chi connectivity index (χ4n) is 5.04. The summed E-state index contributed by atoms with van der Waals surface area (Å²) in [6.07, 6.45) is 6.82. The van der Waals surface area contributed by atoms with E-state index in [0.717, 1.165) is 50.3 Å². The Hall–Kier alpha value is -4.31. The summed E-state index contributed by atoms with van der Waals surface area (Å²) < 4.78 is 2.22. The Morgan fingerprint density at radius 2 is 1.48 bits per heavy atom. The van der Waals surface area contributed by atoms with E-state index in [0.29, 0.717) is 0 Å². The van der Waals surface area contributed by atoms with Gasteiger partial charge in [-0.3, -0.25) is 14.4 Å². The van der Waals surface area contributed by atoms with E-state index in [4.69, 9.17) is 4.98 Å². The Morgan fingerprint density at radius 1 is 0.727 bits per heavy atom. The zero-order chi connectivity index (χ0) is 21.9. The molecule has 0 saturated heterocycles. The standard InChI is InChI=1S/C29H20N4/c1-2-18-10-12-19(13-11-18)21-7-3-6-20-14-17-33-28-23-9-5-16-31-26(23)25-22(8-4-15-30-25)27(28)32-29(33)24(20)21/h3-17H,2H2,1H3. The fourth-order valence-corrected chi connectivity index (χ4v) is 5.04. The van der Waals surface area contributed by atoms with Crippen LogP contribution in [0.15, 0.2) is 91.4 Å². The van der Waals surface area contributed by atoms with Crippen molar-refractivity contribution < 1.29 is 0 Å². The second-order valence-corrected chi connectivity index (χ2v) is 8.44. The molecule has 156 valence electrons. The zero-order valence-electron chi connectivity index (χ0n) is 18.2. The smallest absolute Gasteiger partial charge is 0.146 e. The molecule has 0 bridgehead atoms. The van der Waals surface area contributed by atoms with Gasteiger partial charge in [0.2, 0.25) is 0 Å². The summed E-state index contributed by atoms with van der Waals surface area (Å²) in [7, 11) is 0. The SMILES string of the molecule is CCc1ccc(-c2cccc3ccn4c(nc5c6cccnc6c6ncccc6c54)c23)cc1. The summed E-state index contributed by atoms with van der Waals surface area (Å²) in [5.74, 6) is 0. The molecule has 0 atom stereocenters. The van der Waals surface area contributed by atoms with Crippen LogP contribution in [0.4, 0.5) is 0 Å². The van der Waals surface area contributed by atoms with Gasteiger partial charge in [0.1, 0.15) is 5.65 Å². The molecule has 33 heavy (non-hydrogen) atoms. The van der Waals surface area contributed by atoms with Crippen molar-refractivity contribution in [2.45, 2.75) is 13.3 Å². The molecule has 0 spiro atoms. The van der Waals surface area contributed by atoms with Gasteiger partial charge in [0.15, 0.2) is 0 Å². The molecule has 7 aromatic rings. The summed E-state index contributed by atoms with van der Waals surface area (Å²) in [5.41, 5.74) is 8.54. The molecular formula is C29H20N4. The van der Waals surface area contributed by atoms with Crippen LogP contribution < -0.4 is 0 Å². The van der Waals surface area contributed by atoms with Crippen molar-refractivity contribution in [3.8, 4) is 11.1 Å². The molecule has 0 amide bonds. The van der Waals surface area contributed by atoms with Gasteiger partial charge < -0.3 is 0 Å². The van der Waals surface area contributed by atoms with Crippen LogP contribution in [-0.4, -0.2) is 19.4 Å². The number of imidazole rings is 1. The minimum atomic E-state index is 0.892. The van der Waals surface area contributed by atoms with Gasteiger partial charge >= 0.3 is 0 Å². The molecule has 7 rings (SSSR count). The van der Waals surface area contributed by atoms with Gasteiger partial charge in [0.25, 0.3) is 0 Å². The Labute approximate surface area is 190 Å². The molecule has 0 N–H and O–H groups in total. The summed E-state index contributed by atoms with van der Waals surface area (Å²) >= 11 is 0. The molecule has 0 unspecified atom stereocenters. The topological polar surface area (TPSA) is 43.1 Å². The monoisotopic (exact) mass is 424 g/mol. The van der Waals surface area contributed by atoms with E-state index in [9.17, 15) is 0 Å². The average molecular weight is 425 g/mol. The lowest BCUT2D eigenvalue weighted by Crippen LogP contribution is -1.91. The van der Waals surface area contributed by atoms with Crippen molar-refractivity contribution in [3.63, 3.8) is 0 Å². The minimum absolute atomic E-state index is 0.892. The molecule has 0 saturated carbocycles. The van der Waals surface area contributed by atoms with E-state index >= 15 is 0 Å². The maximum absolute atomic E-state index is 5.24. The van der Waals surface area contributed by atoms with Crippen molar-refractivity contribution in [2.24, 2.45) is 0 Å². The number of benzene rings is 3. The third-order valence-corrected chi connectivity index (χ3v) is 6.66. The van der Waals surface area contributed by atoms with Crippen molar-refractivity contribution in [1.82, 2.24) is 19.4 Å². The van der Waals surface area contributed by atoms with Crippen LogP contribution in [0.1, 0.15) is 12.5 Å². The maximum atomic E-state index is 5.24. The molecule has 0 aliphatic heterocycles. The van der Waals surface area contributed by atoms with Gasteiger partial charge in [0.05, 0.1) is 22.1 Å². The van der Waals surface area contributed by atoms with E-state index in [-0.39, 0.29) is 0 Å². The normalized spacial score (nSPS) is 11.9. The molecule has 4 aromatic heterocycles. The van der Waals surface area contributed by atoms with Gasteiger partial charge in [-0.15, -0.1) is 0 Å². The van der Waals surface area contributed by atoms with Crippen LogP contribution >= 0.6 is 0 Å². The predicted molar refractivity (Wildman–Crippen MR) is 136 cm³/mol. The summed E-state index contributed by atoms with van der Waals surface area (Å²) in [6.45, 7) is 2.19. The molecule has 4 heterocycles. The summed E-state index contributed by atoms with van der Waals surface area (Å²) in [4.78, 5) is 14.6. The minimum Gasteiger partial charge on any atom is -0.298 e.